The van der Waals surface area contributed by atoms with Crippen LogP contribution in [0, 0.1) is 5.92 Å². The Kier molecular flexibility index (Phi) is 4.87. The maximum atomic E-state index is 3.37. The Bertz CT molecular complexity index is 396. The molecule has 1 aromatic carbocycles. The van der Waals surface area contributed by atoms with Gasteiger partial charge in [0.15, 0.2) is 0 Å². The Hall–Kier alpha value is -1.02. The zero-order valence-corrected chi connectivity index (χ0v) is 12.8. The summed E-state index contributed by atoms with van der Waals surface area (Å²) in [5.41, 5.74) is 2.87. The first-order valence-corrected chi connectivity index (χ1v) is 7.66. The van der Waals surface area contributed by atoms with E-state index in [0.717, 1.165) is 12.0 Å². The minimum absolute atomic E-state index is 0.413. The fraction of sp³-hybridized carbons (Fsp3) is 0.647. The second-order valence-electron chi connectivity index (χ2n) is 6.18. The molecule has 0 aliphatic heterocycles. The highest BCUT2D eigenvalue weighted by Crippen LogP contribution is 2.35. The average Bonchev–Trinajstić information content (AvgIpc) is 3.23. The van der Waals surface area contributed by atoms with Gasteiger partial charge >= 0.3 is 0 Å². The lowest BCUT2D eigenvalue weighted by Gasteiger charge is -2.29. The van der Waals surface area contributed by atoms with Gasteiger partial charge < -0.3 is 10.2 Å². The molecule has 2 rings (SSSR count). The third kappa shape index (κ3) is 3.73. The third-order valence-electron chi connectivity index (χ3n) is 4.08. The van der Waals surface area contributed by atoms with Gasteiger partial charge in [-0.1, -0.05) is 32.0 Å². The van der Waals surface area contributed by atoms with Crippen LogP contribution in [0.2, 0.25) is 0 Å². The van der Waals surface area contributed by atoms with Crippen LogP contribution < -0.4 is 10.2 Å². The van der Waals surface area contributed by atoms with E-state index in [1.165, 1.54) is 37.1 Å². The second-order valence-corrected chi connectivity index (χ2v) is 6.18. The summed E-state index contributed by atoms with van der Waals surface area (Å²) in [7, 11) is 2.04. The molecular weight excluding hydrogens is 232 g/mol. The Labute approximate surface area is 118 Å². The lowest BCUT2D eigenvalue weighted by Crippen LogP contribution is -2.29. The van der Waals surface area contributed by atoms with E-state index in [-0.39, 0.29) is 0 Å². The van der Waals surface area contributed by atoms with Gasteiger partial charge in [-0.15, -0.1) is 0 Å². The van der Waals surface area contributed by atoms with Crippen LogP contribution in [0.25, 0.3) is 0 Å². The second kappa shape index (κ2) is 6.42. The van der Waals surface area contributed by atoms with Crippen LogP contribution in [0.3, 0.4) is 0 Å². The molecule has 1 aliphatic rings. The quantitative estimate of drug-likeness (QED) is 0.797. The molecule has 1 saturated carbocycles. The molecule has 19 heavy (non-hydrogen) atoms. The van der Waals surface area contributed by atoms with Crippen LogP contribution in [-0.2, 0) is 0 Å². The molecule has 1 unspecified atom stereocenters. The van der Waals surface area contributed by atoms with Crippen molar-refractivity contribution in [3.05, 3.63) is 29.8 Å². The zero-order valence-electron chi connectivity index (χ0n) is 12.8. The summed E-state index contributed by atoms with van der Waals surface area (Å²) in [6, 6.07) is 10.1. The van der Waals surface area contributed by atoms with Crippen molar-refractivity contribution in [2.75, 3.05) is 18.5 Å². The monoisotopic (exact) mass is 260 g/mol. The summed E-state index contributed by atoms with van der Waals surface area (Å²) < 4.78 is 0. The maximum absolute atomic E-state index is 3.37. The zero-order chi connectivity index (χ0) is 13.8. The van der Waals surface area contributed by atoms with Crippen LogP contribution in [0.5, 0.6) is 0 Å². The molecule has 0 amide bonds. The first kappa shape index (κ1) is 14.4. The van der Waals surface area contributed by atoms with Crippen LogP contribution in [0.15, 0.2) is 24.3 Å². The van der Waals surface area contributed by atoms with Crippen molar-refractivity contribution in [3.63, 3.8) is 0 Å². The van der Waals surface area contributed by atoms with E-state index in [9.17, 15) is 0 Å². The molecule has 0 radical (unpaired) electrons. The Morgan fingerprint density at radius 2 is 1.89 bits per heavy atom. The van der Waals surface area contributed by atoms with Gasteiger partial charge in [0, 0.05) is 24.3 Å². The summed E-state index contributed by atoms with van der Waals surface area (Å²) in [5.74, 6) is 0.773. The van der Waals surface area contributed by atoms with Gasteiger partial charge in [0.2, 0.25) is 0 Å². The molecule has 1 fully saturated rings. The topological polar surface area (TPSA) is 15.3 Å². The Morgan fingerprint density at radius 3 is 2.47 bits per heavy atom. The molecular formula is C17H28N2. The van der Waals surface area contributed by atoms with E-state index < -0.39 is 0 Å². The lowest BCUT2D eigenvalue weighted by molar-refractivity contribution is 0.567. The molecule has 1 aliphatic carbocycles. The maximum Gasteiger partial charge on any atom is 0.0417 e. The van der Waals surface area contributed by atoms with Crippen molar-refractivity contribution >= 4 is 5.69 Å². The van der Waals surface area contributed by atoms with E-state index in [4.69, 9.17) is 0 Å². The van der Waals surface area contributed by atoms with E-state index in [1.807, 2.05) is 7.05 Å². The van der Waals surface area contributed by atoms with Crippen LogP contribution >= 0.6 is 0 Å². The van der Waals surface area contributed by atoms with Crippen LogP contribution in [-0.4, -0.2) is 19.6 Å². The molecule has 1 atom stereocenters. The first-order valence-electron chi connectivity index (χ1n) is 7.66. The van der Waals surface area contributed by atoms with Gasteiger partial charge in [-0.25, -0.2) is 0 Å². The van der Waals surface area contributed by atoms with Crippen molar-refractivity contribution in [1.82, 2.24) is 5.32 Å². The molecule has 0 saturated heterocycles. The highest BCUT2D eigenvalue weighted by molar-refractivity contribution is 5.56. The Morgan fingerprint density at radius 1 is 1.21 bits per heavy atom. The largest absolute Gasteiger partial charge is 0.368 e. The lowest BCUT2D eigenvalue weighted by atomic mass is 10.0. The number of rotatable bonds is 7. The van der Waals surface area contributed by atoms with Gasteiger partial charge in [0.1, 0.15) is 0 Å². The minimum atomic E-state index is 0.413. The van der Waals surface area contributed by atoms with Crippen molar-refractivity contribution in [3.8, 4) is 0 Å². The number of anilines is 1. The molecule has 1 N–H and O–H groups in total. The third-order valence-corrected chi connectivity index (χ3v) is 4.08. The fourth-order valence-corrected chi connectivity index (χ4v) is 2.55. The molecule has 0 aromatic heterocycles. The number of benzene rings is 1. The molecule has 0 heterocycles. The van der Waals surface area contributed by atoms with E-state index in [1.54, 1.807) is 0 Å². The molecule has 0 spiro atoms. The summed E-state index contributed by atoms with van der Waals surface area (Å²) in [4.78, 5) is 2.64. The molecule has 106 valence electrons. The van der Waals surface area contributed by atoms with E-state index >= 15 is 0 Å². The van der Waals surface area contributed by atoms with Gasteiger partial charge in [-0.3, -0.25) is 0 Å². The first-order chi connectivity index (χ1) is 9.13. The summed E-state index contributed by atoms with van der Waals surface area (Å²) in [6.07, 6.45) is 4.00. The molecule has 2 heteroatoms. The molecule has 2 nitrogen and oxygen atoms in total. The van der Waals surface area contributed by atoms with Gasteiger partial charge in [0.25, 0.3) is 0 Å². The number of nitrogens with one attached hydrogen (secondary N) is 1. The smallest absolute Gasteiger partial charge is 0.0417 e. The highest BCUT2D eigenvalue weighted by atomic mass is 15.2. The summed E-state index contributed by atoms with van der Waals surface area (Å²) >= 11 is 0. The van der Waals surface area contributed by atoms with Gasteiger partial charge in [0.05, 0.1) is 0 Å². The predicted molar refractivity (Wildman–Crippen MR) is 83.7 cm³/mol. The highest BCUT2D eigenvalue weighted by Gasteiger charge is 2.30. The summed E-state index contributed by atoms with van der Waals surface area (Å²) in [5, 5.41) is 3.37. The van der Waals surface area contributed by atoms with E-state index in [0.29, 0.717) is 6.04 Å². The van der Waals surface area contributed by atoms with Crippen molar-refractivity contribution in [1.29, 1.82) is 0 Å². The average molecular weight is 260 g/mol. The minimum Gasteiger partial charge on any atom is -0.368 e. The predicted octanol–water partition coefficient (Wildman–Crippen LogP) is 3.98. The molecule has 1 aromatic rings. The normalized spacial score (nSPS) is 16.7. The molecule has 0 bridgehead atoms. The number of nitrogens with zero attached hydrogens (tertiary/aromatic N) is 1. The SMILES string of the molecule is CNC(C)c1ccccc1N(CCC(C)C)C1CC1. The number of para-hydroxylation sites is 1. The van der Waals surface area contributed by atoms with E-state index in [2.05, 4.69) is 55.3 Å². The van der Waals surface area contributed by atoms with Crippen molar-refractivity contribution in [2.45, 2.75) is 52.1 Å². The fourth-order valence-electron chi connectivity index (χ4n) is 2.55. The Balaban J connectivity index is 2.20. The van der Waals surface area contributed by atoms with Crippen molar-refractivity contribution < 1.29 is 0 Å². The van der Waals surface area contributed by atoms with Crippen molar-refractivity contribution in [2.24, 2.45) is 5.92 Å². The standard InChI is InChI=1S/C17H28N2/c1-13(2)11-12-19(15-9-10-15)17-8-6-5-7-16(17)14(3)18-4/h5-8,13-15,18H,9-12H2,1-4H3. The summed E-state index contributed by atoms with van der Waals surface area (Å²) in [6.45, 7) is 8.06. The number of hydrogen-bond acceptors (Lipinski definition) is 2. The number of hydrogen-bond donors (Lipinski definition) is 1. The van der Waals surface area contributed by atoms with Crippen LogP contribution in [0.1, 0.15) is 51.6 Å². The van der Waals surface area contributed by atoms with Gasteiger partial charge in [-0.05, 0) is 50.8 Å². The van der Waals surface area contributed by atoms with Gasteiger partial charge in [-0.2, -0.15) is 0 Å². The van der Waals surface area contributed by atoms with Crippen LogP contribution in [0.4, 0.5) is 5.69 Å².